The van der Waals surface area contributed by atoms with Crippen LogP contribution in [0.3, 0.4) is 0 Å². The van der Waals surface area contributed by atoms with Crippen molar-refractivity contribution in [1.82, 2.24) is 5.32 Å². The fourth-order valence-electron chi connectivity index (χ4n) is 3.56. The summed E-state index contributed by atoms with van der Waals surface area (Å²) >= 11 is 0. The van der Waals surface area contributed by atoms with E-state index in [4.69, 9.17) is 4.74 Å². The van der Waals surface area contributed by atoms with Gasteiger partial charge in [-0.2, -0.15) is 0 Å². The van der Waals surface area contributed by atoms with Gasteiger partial charge in [0.1, 0.15) is 5.82 Å². The molecule has 0 heterocycles. The highest BCUT2D eigenvalue weighted by Gasteiger charge is 2.22. The molecule has 0 saturated heterocycles. The molecule has 2 aromatic rings. The molecule has 150 valence electrons. The summed E-state index contributed by atoms with van der Waals surface area (Å²) in [5, 5.41) is 12.0. The van der Waals surface area contributed by atoms with Crippen LogP contribution in [-0.2, 0) is 11.3 Å². The van der Waals surface area contributed by atoms with Crippen LogP contribution >= 0.6 is 0 Å². The molecule has 28 heavy (non-hydrogen) atoms. The standard InChI is InChI=1S/C22H25F2NO3/c23-19-3-1-2-17(10-19)14-28-13-16-6-4-15(5-7-16)12-25-22(27)18-8-9-21(26)20(24)11-18/h1-3,8-11,15-16,26H,4-7,12-14H2,(H,25,27). The summed E-state index contributed by atoms with van der Waals surface area (Å²) in [6.45, 7) is 1.62. The number of halogens is 2. The van der Waals surface area contributed by atoms with Crippen LogP contribution in [0.25, 0.3) is 0 Å². The third-order valence-corrected chi connectivity index (χ3v) is 5.24. The number of rotatable bonds is 7. The van der Waals surface area contributed by atoms with Crippen LogP contribution < -0.4 is 5.32 Å². The summed E-state index contributed by atoms with van der Waals surface area (Å²) in [6.07, 6.45) is 4.05. The zero-order valence-corrected chi connectivity index (χ0v) is 15.7. The smallest absolute Gasteiger partial charge is 0.251 e. The van der Waals surface area contributed by atoms with E-state index >= 15 is 0 Å². The molecule has 4 nitrogen and oxygen atoms in total. The molecule has 2 aromatic carbocycles. The molecular weight excluding hydrogens is 364 g/mol. The number of benzene rings is 2. The highest BCUT2D eigenvalue weighted by atomic mass is 19.1. The van der Waals surface area contributed by atoms with Crippen LogP contribution in [0.1, 0.15) is 41.6 Å². The Morgan fingerprint density at radius 1 is 1.07 bits per heavy atom. The van der Waals surface area contributed by atoms with Gasteiger partial charge in [-0.15, -0.1) is 0 Å². The molecule has 0 radical (unpaired) electrons. The number of aromatic hydroxyl groups is 1. The molecule has 0 aliphatic heterocycles. The van der Waals surface area contributed by atoms with Crippen LogP contribution in [0.5, 0.6) is 5.75 Å². The Bertz CT molecular complexity index is 804. The first-order chi connectivity index (χ1) is 13.5. The maximum atomic E-state index is 13.3. The van der Waals surface area contributed by atoms with Crippen molar-refractivity contribution in [2.45, 2.75) is 32.3 Å². The summed E-state index contributed by atoms with van der Waals surface area (Å²) in [7, 11) is 0. The maximum Gasteiger partial charge on any atom is 0.251 e. The predicted octanol–water partition coefficient (Wildman–Crippen LogP) is 4.42. The number of ether oxygens (including phenoxy) is 1. The van der Waals surface area contributed by atoms with Gasteiger partial charge in [-0.25, -0.2) is 8.78 Å². The minimum Gasteiger partial charge on any atom is -0.505 e. The van der Waals surface area contributed by atoms with Crippen molar-refractivity contribution in [1.29, 1.82) is 0 Å². The Morgan fingerprint density at radius 2 is 1.82 bits per heavy atom. The van der Waals surface area contributed by atoms with E-state index in [1.54, 1.807) is 6.07 Å². The van der Waals surface area contributed by atoms with Crippen molar-refractivity contribution in [2.24, 2.45) is 11.8 Å². The van der Waals surface area contributed by atoms with Gasteiger partial charge >= 0.3 is 0 Å². The van der Waals surface area contributed by atoms with E-state index in [-0.39, 0.29) is 17.3 Å². The number of nitrogens with one attached hydrogen (secondary N) is 1. The molecule has 0 spiro atoms. The van der Waals surface area contributed by atoms with Crippen molar-refractivity contribution >= 4 is 5.91 Å². The Hall–Kier alpha value is -2.47. The van der Waals surface area contributed by atoms with Crippen molar-refractivity contribution in [2.75, 3.05) is 13.2 Å². The van der Waals surface area contributed by atoms with Crippen molar-refractivity contribution in [3.05, 3.63) is 65.2 Å². The van der Waals surface area contributed by atoms with Crippen molar-refractivity contribution in [3.8, 4) is 5.75 Å². The first kappa shape index (κ1) is 20.3. The van der Waals surface area contributed by atoms with Gasteiger partial charge in [0.2, 0.25) is 0 Å². The molecule has 1 aliphatic rings. The molecule has 3 rings (SSSR count). The fourth-order valence-corrected chi connectivity index (χ4v) is 3.56. The van der Waals surface area contributed by atoms with Crippen LogP contribution in [0, 0.1) is 23.5 Å². The molecule has 0 unspecified atom stereocenters. The third kappa shape index (κ3) is 5.76. The summed E-state index contributed by atoms with van der Waals surface area (Å²) in [5.74, 6) is -0.976. The summed E-state index contributed by atoms with van der Waals surface area (Å²) < 4.78 is 32.2. The van der Waals surface area contributed by atoms with Crippen LogP contribution in [0.15, 0.2) is 42.5 Å². The van der Waals surface area contributed by atoms with E-state index in [0.29, 0.717) is 31.6 Å². The lowest BCUT2D eigenvalue weighted by atomic mass is 9.82. The van der Waals surface area contributed by atoms with Crippen LogP contribution in [-0.4, -0.2) is 24.2 Å². The van der Waals surface area contributed by atoms with E-state index < -0.39 is 11.6 Å². The SMILES string of the molecule is O=C(NCC1CCC(COCc2cccc(F)c2)CC1)c1ccc(O)c(F)c1. The van der Waals surface area contributed by atoms with Crippen LogP contribution in [0.2, 0.25) is 0 Å². The van der Waals surface area contributed by atoms with E-state index in [1.807, 2.05) is 6.07 Å². The van der Waals surface area contributed by atoms with E-state index in [1.165, 1.54) is 24.3 Å². The summed E-state index contributed by atoms with van der Waals surface area (Å²) in [5.41, 5.74) is 1.04. The number of phenolic OH excluding ortho intramolecular Hbond substituents is 1. The topological polar surface area (TPSA) is 58.6 Å². The first-order valence-electron chi connectivity index (χ1n) is 9.60. The molecule has 0 bridgehead atoms. The molecule has 1 amide bonds. The Morgan fingerprint density at radius 3 is 2.54 bits per heavy atom. The lowest BCUT2D eigenvalue weighted by molar-refractivity contribution is 0.0663. The van der Waals surface area contributed by atoms with Gasteiger partial charge in [-0.1, -0.05) is 12.1 Å². The third-order valence-electron chi connectivity index (χ3n) is 5.24. The lowest BCUT2D eigenvalue weighted by Gasteiger charge is -2.28. The Balaban J connectivity index is 1.34. The summed E-state index contributed by atoms with van der Waals surface area (Å²) in [6, 6.07) is 10.1. The quantitative estimate of drug-likeness (QED) is 0.737. The minimum atomic E-state index is -0.800. The summed E-state index contributed by atoms with van der Waals surface area (Å²) in [4.78, 5) is 12.1. The van der Waals surface area contributed by atoms with Gasteiger partial charge in [0.15, 0.2) is 11.6 Å². The van der Waals surface area contributed by atoms with Gasteiger partial charge in [-0.3, -0.25) is 4.79 Å². The second-order valence-electron chi connectivity index (χ2n) is 7.41. The molecule has 0 atom stereocenters. The zero-order chi connectivity index (χ0) is 19.9. The van der Waals surface area contributed by atoms with Gasteiger partial charge in [0.05, 0.1) is 6.61 Å². The highest BCUT2D eigenvalue weighted by Crippen LogP contribution is 2.29. The Labute approximate surface area is 163 Å². The molecule has 1 fully saturated rings. The molecule has 1 saturated carbocycles. The normalized spacial score (nSPS) is 19.4. The average Bonchev–Trinajstić information content (AvgIpc) is 2.69. The number of amides is 1. The minimum absolute atomic E-state index is 0.203. The second-order valence-corrected chi connectivity index (χ2v) is 7.41. The first-order valence-corrected chi connectivity index (χ1v) is 9.60. The zero-order valence-electron chi connectivity index (χ0n) is 15.7. The molecule has 6 heteroatoms. The van der Waals surface area contributed by atoms with E-state index in [9.17, 15) is 18.7 Å². The molecule has 2 N–H and O–H groups in total. The predicted molar refractivity (Wildman–Crippen MR) is 102 cm³/mol. The molecule has 0 aromatic heterocycles. The van der Waals surface area contributed by atoms with Gasteiger partial charge < -0.3 is 15.2 Å². The molecule has 1 aliphatic carbocycles. The van der Waals surface area contributed by atoms with Gasteiger partial charge in [0, 0.05) is 18.7 Å². The van der Waals surface area contributed by atoms with E-state index in [2.05, 4.69) is 5.32 Å². The number of hydrogen-bond acceptors (Lipinski definition) is 3. The number of carbonyl (C=O) groups is 1. The monoisotopic (exact) mass is 389 g/mol. The van der Waals surface area contributed by atoms with Crippen molar-refractivity contribution in [3.63, 3.8) is 0 Å². The van der Waals surface area contributed by atoms with Crippen molar-refractivity contribution < 1.29 is 23.4 Å². The van der Waals surface area contributed by atoms with Gasteiger partial charge in [-0.05, 0) is 73.4 Å². The second kappa shape index (κ2) is 9.64. The van der Waals surface area contributed by atoms with Crippen LogP contribution in [0.4, 0.5) is 8.78 Å². The lowest BCUT2D eigenvalue weighted by Crippen LogP contribution is -2.31. The van der Waals surface area contributed by atoms with Gasteiger partial charge in [0.25, 0.3) is 5.91 Å². The number of phenols is 1. The fraction of sp³-hybridized carbons (Fsp3) is 0.409. The maximum absolute atomic E-state index is 13.3. The van der Waals surface area contributed by atoms with E-state index in [0.717, 1.165) is 37.3 Å². The highest BCUT2D eigenvalue weighted by molar-refractivity contribution is 5.94. The Kier molecular flexibility index (Phi) is 6.98. The average molecular weight is 389 g/mol. The number of hydrogen-bond donors (Lipinski definition) is 2. The molecular formula is C22H25F2NO3. The largest absolute Gasteiger partial charge is 0.505 e. The number of carbonyl (C=O) groups excluding carboxylic acids is 1.